The third-order valence-corrected chi connectivity index (χ3v) is 3.63. The molecule has 2 aromatic carbocycles. The normalized spacial score (nSPS) is 10.4. The van der Waals surface area contributed by atoms with E-state index in [1.165, 1.54) is 6.07 Å². The number of hydrogen-bond acceptors (Lipinski definition) is 5. The van der Waals surface area contributed by atoms with Gasteiger partial charge < -0.3 is 14.2 Å². The minimum Gasteiger partial charge on any atom is -0.496 e. The number of carbonyl (C=O) groups is 2. The Morgan fingerprint density at radius 3 is 2.33 bits per heavy atom. The fourth-order valence-corrected chi connectivity index (χ4v) is 2.47. The lowest BCUT2D eigenvalue weighted by atomic mass is 10.2. The largest absolute Gasteiger partial charge is 0.496 e. The Morgan fingerprint density at radius 1 is 1.00 bits per heavy atom. The molecule has 0 atom stereocenters. The molecule has 2 aromatic rings. The minimum atomic E-state index is -0.535. The zero-order valence-electron chi connectivity index (χ0n) is 13.5. The van der Waals surface area contributed by atoms with E-state index >= 15 is 0 Å². The second-order valence-corrected chi connectivity index (χ2v) is 6.08. The van der Waals surface area contributed by atoms with Crippen molar-refractivity contribution >= 4 is 27.9 Å². The maximum Gasteiger partial charge on any atom is 0.343 e. The first kappa shape index (κ1) is 18.0. The van der Waals surface area contributed by atoms with Crippen molar-refractivity contribution in [1.29, 1.82) is 0 Å². The van der Waals surface area contributed by atoms with Crippen molar-refractivity contribution in [3.8, 4) is 11.5 Å². The lowest BCUT2D eigenvalue weighted by Gasteiger charge is -2.10. The summed E-state index contributed by atoms with van der Waals surface area (Å²) in [5.41, 5.74) is 0.683. The number of rotatable bonds is 5. The van der Waals surface area contributed by atoms with E-state index in [1.807, 2.05) is 0 Å². The average Bonchev–Trinajstić information content (AvgIpc) is 2.54. The summed E-state index contributed by atoms with van der Waals surface area (Å²) in [4.78, 5) is 24.1. The third kappa shape index (κ3) is 4.58. The summed E-state index contributed by atoms with van der Waals surface area (Å²) in [5, 5.41) is 0. The number of ether oxygens (including phenoxy) is 3. The van der Waals surface area contributed by atoms with Gasteiger partial charge in [-0.1, -0.05) is 6.07 Å². The number of benzene rings is 2. The highest BCUT2D eigenvalue weighted by Gasteiger charge is 2.14. The Balaban J connectivity index is 2.14. The van der Waals surface area contributed by atoms with E-state index in [1.54, 1.807) is 57.4 Å². The summed E-state index contributed by atoms with van der Waals surface area (Å²) in [6, 6.07) is 11.2. The standard InChI is InChI=1S/C18H17BrO5/c1-11(2)23-17(20)12-5-4-6-14(9-12)24-18(21)13-7-8-16(22-3)15(19)10-13/h4-11H,1-3H3. The number of carbonyl (C=O) groups excluding carboxylic acids is 2. The van der Waals surface area contributed by atoms with Gasteiger partial charge in [-0.2, -0.15) is 0 Å². The molecule has 0 heterocycles. The Morgan fingerprint density at radius 2 is 1.71 bits per heavy atom. The maximum absolute atomic E-state index is 12.2. The molecular weight excluding hydrogens is 376 g/mol. The van der Waals surface area contributed by atoms with Crippen molar-refractivity contribution in [2.75, 3.05) is 7.11 Å². The zero-order valence-corrected chi connectivity index (χ0v) is 15.1. The van der Waals surface area contributed by atoms with Crippen LogP contribution in [-0.2, 0) is 4.74 Å². The predicted molar refractivity (Wildman–Crippen MR) is 92.6 cm³/mol. The molecule has 0 amide bonds. The van der Waals surface area contributed by atoms with E-state index in [2.05, 4.69) is 15.9 Å². The fraction of sp³-hybridized carbons (Fsp3) is 0.222. The number of hydrogen-bond donors (Lipinski definition) is 0. The third-order valence-electron chi connectivity index (χ3n) is 3.01. The van der Waals surface area contributed by atoms with Gasteiger partial charge in [-0.3, -0.25) is 0 Å². The van der Waals surface area contributed by atoms with Crippen LogP contribution in [-0.4, -0.2) is 25.2 Å². The highest BCUT2D eigenvalue weighted by molar-refractivity contribution is 9.10. The van der Waals surface area contributed by atoms with Crippen LogP contribution in [0.15, 0.2) is 46.9 Å². The SMILES string of the molecule is COc1ccc(C(=O)Oc2cccc(C(=O)OC(C)C)c2)cc1Br. The van der Waals surface area contributed by atoms with E-state index in [9.17, 15) is 9.59 Å². The molecule has 0 radical (unpaired) electrons. The summed E-state index contributed by atoms with van der Waals surface area (Å²) in [6.07, 6.45) is -0.222. The molecule has 0 aliphatic heterocycles. The van der Waals surface area contributed by atoms with Gasteiger partial charge in [0.1, 0.15) is 11.5 Å². The Kier molecular flexibility index (Phi) is 5.98. The molecule has 2 rings (SSSR count). The summed E-state index contributed by atoms with van der Waals surface area (Å²) in [7, 11) is 1.54. The Hall–Kier alpha value is -2.34. The first-order valence-electron chi connectivity index (χ1n) is 7.27. The van der Waals surface area contributed by atoms with E-state index < -0.39 is 11.9 Å². The topological polar surface area (TPSA) is 61.8 Å². The molecule has 0 aliphatic carbocycles. The van der Waals surface area contributed by atoms with Crippen molar-refractivity contribution in [2.24, 2.45) is 0 Å². The van der Waals surface area contributed by atoms with Gasteiger partial charge in [0.2, 0.25) is 0 Å². The van der Waals surface area contributed by atoms with Crippen LogP contribution in [0.1, 0.15) is 34.6 Å². The van der Waals surface area contributed by atoms with E-state index in [-0.39, 0.29) is 11.9 Å². The molecule has 0 fully saturated rings. The first-order chi connectivity index (χ1) is 11.4. The van der Waals surface area contributed by atoms with E-state index in [0.717, 1.165) is 0 Å². The molecule has 0 N–H and O–H groups in total. The van der Waals surface area contributed by atoms with Crippen LogP contribution < -0.4 is 9.47 Å². The molecule has 0 aliphatic rings. The second-order valence-electron chi connectivity index (χ2n) is 5.22. The van der Waals surface area contributed by atoms with Gasteiger partial charge in [0.15, 0.2) is 0 Å². The highest BCUT2D eigenvalue weighted by Crippen LogP contribution is 2.26. The van der Waals surface area contributed by atoms with Gasteiger partial charge in [-0.15, -0.1) is 0 Å². The summed E-state index contributed by atoms with van der Waals surface area (Å²) in [6.45, 7) is 3.53. The van der Waals surface area contributed by atoms with Crippen LogP contribution in [0.5, 0.6) is 11.5 Å². The monoisotopic (exact) mass is 392 g/mol. The van der Waals surface area contributed by atoms with Gasteiger partial charge in [0.05, 0.1) is 28.8 Å². The molecule has 6 heteroatoms. The smallest absolute Gasteiger partial charge is 0.343 e. The van der Waals surface area contributed by atoms with Crippen molar-refractivity contribution in [3.05, 3.63) is 58.1 Å². The maximum atomic E-state index is 12.2. The van der Waals surface area contributed by atoms with E-state index in [0.29, 0.717) is 21.3 Å². The van der Waals surface area contributed by atoms with Gasteiger partial charge in [-0.25, -0.2) is 9.59 Å². The van der Waals surface area contributed by atoms with Crippen LogP contribution in [0.3, 0.4) is 0 Å². The van der Waals surface area contributed by atoms with Crippen LogP contribution in [0, 0.1) is 0 Å². The summed E-state index contributed by atoms with van der Waals surface area (Å²) < 4.78 is 16.2. The molecule has 0 unspecified atom stereocenters. The number of esters is 2. The van der Waals surface area contributed by atoms with Crippen molar-refractivity contribution in [1.82, 2.24) is 0 Å². The first-order valence-corrected chi connectivity index (χ1v) is 8.06. The van der Waals surface area contributed by atoms with Crippen LogP contribution >= 0.6 is 15.9 Å². The molecule has 0 bridgehead atoms. The lowest BCUT2D eigenvalue weighted by Crippen LogP contribution is -2.12. The zero-order chi connectivity index (χ0) is 17.7. The van der Waals surface area contributed by atoms with Crippen LogP contribution in [0.25, 0.3) is 0 Å². The molecule has 24 heavy (non-hydrogen) atoms. The van der Waals surface area contributed by atoms with Gasteiger partial charge >= 0.3 is 11.9 Å². The van der Waals surface area contributed by atoms with Gasteiger partial charge in [0, 0.05) is 0 Å². The summed E-state index contributed by atoms with van der Waals surface area (Å²) in [5.74, 6) is -0.113. The van der Waals surface area contributed by atoms with E-state index in [4.69, 9.17) is 14.2 Å². The number of methoxy groups -OCH3 is 1. The molecule has 0 spiro atoms. The van der Waals surface area contributed by atoms with Crippen molar-refractivity contribution in [3.63, 3.8) is 0 Å². The highest BCUT2D eigenvalue weighted by atomic mass is 79.9. The average molecular weight is 393 g/mol. The molecule has 0 aromatic heterocycles. The van der Waals surface area contributed by atoms with Crippen molar-refractivity contribution in [2.45, 2.75) is 20.0 Å². The van der Waals surface area contributed by atoms with Gasteiger partial charge in [0.25, 0.3) is 0 Å². The van der Waals surface area contributed by atoms with Crippen LogP contribution in [0.4, 0.5) is 0 Å². The van der Waals surface area contributed by atoms with Crippen LogP contribution in [0.2, 0.25) is 0 Å². The Bertz CT molecular complexity index is 755. The minimum absolute atomic E-state index is 0.222. The Labute approximate surface area is 148 Å². The fourth-order valence-electron chi connectivity index (χ4n) is 1.93. The lowest BCUT2D eigenvalue weighted by molar-refractivity contribution is 0.0376. The van der Waals surface area contributed by atoms with Crippen molar-refractivity contribution < 1.29 is 23.8 Å². The predicted octanol–water partition coefficient (Wildman–Crippen LogP) is 4.24. The number of halogens is 1. The second kappa shape index (κ2) is 7.97. The summed E-state index contributed by atoms with van der Waals surface area (Å²) >= 11 is 3.32. The molecule has 126 valence electrons. The molecule has 5 nitrogen and oxygen atoms in total. The van der Waals surface area contributed by atoms with Gasteiger partial charge in [-0.05, 0) is 66.2 Å². The molecule has 0 saturated heterocycles. The quantitative estimate of drug-likeness (QED) is 0.562. The molecule has 0 saturated carbocycles. The molecular formula is C18H17BrO5.